The molecule has 1 aromatic rings. The third kappa shape index (κ3) is 2.84. The van der Waals surface area contributed by atoms with Crippen LogP contribution in [0.15, 0.2) is 6.33 Å². The van der Waals surface area contributed by atoms with Crippen molar-refractivity contribution in [2.75, 3.05) is 36.4 Å². The van der Waals surface area contributed by atoms with Gasteiger partial charge in [-0.2, -0.15) is 0 Å². The fourth-order valence-corrected chi connectivity index (χ4v) is 3.72. The van der Waals surface area contributed by atoms with E-state index in [0.29, 0.717) is 12.1 Å². The average molecular weight is 289 g/mol. The molecule has 3 heterocycles. The Kier molecular flexibility index (Phi) is 4.29. The molecule has 0 spiro atoms. The predicted octanol–water partition coefficient (Wildman–Crippen LogP) is 2.28. The maximum atomic E-state index is 4.59. The number of piperazine rings is 1. The van der Waals surface area contributed by atoms with Crippen LogP contribution in [-0.4, -0.2) is 53.1 Å². The minimum absolute atomic E-state index is 0.516. The predicted molar refractivity (Wildman–Crippen MR) is 87.0 cm³/mol. The van der Waals surface area contributed by atoms with Crippen molar-refractivity contribution in [2.24, 2.45) is 0 Å². The molecular weight excluding hydrogens is 262 g/mol. The second kappa shape index (κ2) is 6.18. The van der Waals surface area contributed by atoms with Crippen LogP contribution >= 0.6 is 0 Å². The molecule has 0 aliphatic carbocycles. The van der Waals surface area contributed by atoms with E-state index < -0.39 is 0 Å². The van der Waals surface area contributed by atoms with Crippen LogP contribution in [0.25, 0.3) is 0 Å². The Hall–Kier alpha value is -1.36. The summed E-state index contributed by atoms with van der Waals surface area (Å²) in [6, 6.07) is 1.22. The number of aromatic nitrogens is 2. The van der Waals surface area contributed by atoms with Gasteiger partial charge in [-0.3, -0.25) is 4.90 Å². The van der Waals surface area contributed by atoms with E-state index in [1.807, 2.05) is 0 Å². The van der Waals surface area contributed by atoms with E-state index in [1.54, 1.807) is 6.33 Å². The number of nitrogens with one attached hydrogen (secondary N) is 1. The SMILES string of the molecule is CCNc1ncnc(N2CC3CCCCN3CC2C)c1C. The van der Waals surface area contributed by atoms with Gasteiger partial charge in [-0.1, -0.05) is 6.42 Å². The van der Waals surface area contributed by atoms with E-state index in [2.05, 4.69) is 45.9 Å². The van der Waals surface area contributed by atoms with Gasteiger partial charge in [0.1, 0.15) is 18.0 Å². The first-order valence-electron chi connectivity index (χ1n) is 8.27. The summed E-state index contributed by atoms with van der Waals surface area (Å²) in [4.78, 5) is 14.1. The van der Waals surface area contributed by atoms with Crippen LogP contribution in [0.2, 0.25) is 0 Å². The van der Waals surface area contributed by atoms with Gasteiger partial charge in [0.2, 0.25) is 0 Å². The highest BCUT2D eigenvalue weighted by Crippen LogP contribution is 2.30. The van der Waals surface area contributed by atoms with Gasteiger partial charge < -0.3 is 10.2 Å². The Balaban J connectivity index is 1.84. The first-order chi connectivity index (χ1) is 10.2. The molecule has 0 aromatic carbocycles. The van der Waals surface area contributed by atoms with Gasteiger partial charge in [0.15, 0.2) is 0 Å². The van der Waals surface area contributed by atoms with Crippen molar-refractivity contribution in [1.82, 2.24) is 14.9 Å². The third-order valence-corrected chi connectivity index (χ3v) is 4.86. The molecule has 2 atom stereocenters. The van der Waals surface area contributed by atoms with Gasteiger partial charge >= 0.3 is 0 Å². The number of anilines is 2. The van der Waals surface area contributed by atoms with Crippen molar-refractivity contribution in [3.8, 4) is 0 Å². The molecule has 116 valence electrons. The zero-order valence-electron chi connectivity index (χ0n) is 13.5. The molecule has 1 aromatic heterocycles. The van der Waals surface area contributed by atoms with Crippen molar-refractivity contribution < 1.29 is 0 Å². The van der Waals surface area contributed by atoms with E-state index in [4.69, 9.17) is 0 Å². The quantitative estimate of drug-likeness (QED) is 0.925. The lowest BCUT2D eigenvalue weighted by atomic mass is 9.97. The van der Waals surface area contributed by atoms with Crippen LogP contribution in [0, 0.1) is 6.92 Å². The third-order valence-electron chi connectivity index (χ3n) is 4.86. The average Bonchev–Trinajstić information content (AvgIpc) is 2.49. The van der Waals surface area contributed by atoms with Crippen molar-refractivity contribution >= 4 is 11.6 Å². The molecule has 0 saturated carbocycles. The van der Waals surface area contributed by atoms with Gasteiger partial charge in [0.25, 0.3) is 0 Å². The lowest BCUT2D eigenvalue weighted by molar-refractivity contribution is 0.115. The minimum Gasteiger partial charge on any atom is -0.370 e. The van der Waals surface area contributed by atoms with E-state index in [-0.39, 0.29) is 0 Å². The number of nitrogens with zero attached hydrogens (tertiary/aromatic N) is 4. The van der Waals surface area contributed by atoms with Gasteiger partial charge in [-0.25, -0.2) is 9.97 Å². The van der Waals surface area contributed by atoms with E-state index in [1.165, 1.54) is 31.4 Å². The normalized spacial score (nSPS) is 26.5. The lowest BCUT2D eigenvalue weighted by Crippen LogP contribution is -2.59. The lowest BCUT2D eigenvalue weighted by Gasteiger charge is -2.48. The number of hydrogen-bond donors (Lipinski definition) is 1. The van der Waals surface area contributed by atoms with Gasteiger partial charge in [-0.05, 0) is 40.2 Å². The number of fused-ring (bicyclic) bond motifs is 1. The first-order valence-corrected chi connectivity index (χ1v) is 8.27. The van der Waals surface area contributed by atoms with Crippen LogP contribution in [0.4, 0.5) is 11.6 Å². The highest BCUT2D eigenvalue weighted by atomic mass is 15.3. The second-order valence-corrected chi connectivity index (χ2v) is 6.35. The summed E-state index contributed by atoms with van der Waals surface area (Å²) >= 11 is 0. The molecule has 0 bridgehead atoms. The van der Waals surface area contributed by atoms with Crippen molar-refractivity contribution in [1.29, 1.82) is 0 Å². The standard InChI is InChI=1S/C16H27N5/c1-4-17-15-13(3)16(19-11-18-15)21-10-14-7-5-6-8-20(14)9-12(21)2/h11-12,14H,4-10H2,1-3H3,(H,17,18,19). The summed E-state index contributed by atoms with van der Waals surface area (Å²) < 4.78 is 0. The smallest absolute Gasteiger partial charge is 0.137 e. The monoisotopic (exact) mass is 289 g/mol. The van der Waals surface area contributed by atoms with Crippen LogP contribution < -0.4 is 10.2 Å². The maximum Gasteiger partial charge on any atom is 0.137 e. The Morgan fingerprint density at radius 2 is 2.14 bits per heavy atom. The van der Waals surface area contributed by atoms with Crippen molar-refractivity contribution in [3.05, 3.63) is 11.9 Å². The van der Waals surface area contributed by atoms with E-state index in [9.17, 15) is 0 Å². The molecule has 0 radical (unpaired) electrons. The number of piperidine rings is 1. The molecule has 2 saturated heterocycles. The molecular formula is C16H27N5. The van der Waals surface area contributed by atoms with Crippen molar-refractivity contribution in [3.63, 3.8) is 0 Å². The number of rotatable bonds is 3. The van der Waals surface area contributed by atoms with Gasteiger partial charge in [-0.15, -0.1) is 0 Å². The fourth-order valence-electron chi connectivity index (χ4n) is 3.72. The summed E-state index contributed by atoms with van der Waals surface area (Å²) in [5, 5.41) is 3.34. The van der Waals surface area contributed by atoms with Crippen LogP contribution in [0.5, 0.6) is 0 Å². The van der Waals surface area contributed by atoms with Crippen LogP contribution in [-0.2, 0) is 0 Å². The first kappa shape index (κ1) is 14.6. The molecule has 3 rings (SSSR count). The van der Waals surface area contributed by atoms with Crippen LogP contribution in [0.1, 0.15) is 38.7 Å². The summed E-state index contributed by atoms with van der Waals surface area (Å²) in [7, 11) is 0. The van der Waals surface area contributed by atoms with E-state index in [0.717, 1.165) is 31.3 Å². The Bertz CT molecular complexity index is 490. The van der Waals surface area contributed by atoms with Crippen LogP contribution in [0.3, 0.4) is 0 Å². The molecule has 5 nitrogen and oxygen atoms in total. The zero-order chi connectivity index (χ0) is 14.8. The Morgan fingerprint density at radius 3 is 2.95 bits per heavy atom. The molecule has 5 heteroatoms. The maximum absolute atomic E-state index is 4.59. The van der Waals surface area contributed by atoms with Gasteiger partial charge in [0, 0.05) is 37.3 Å². The molecule has 0 amide bonds. The van der Waals surface area contributed by atoms with E-state index >= 15 is 0 Å². The fraction of sp³-hybridized carbons (Fsp3) is 0.750. The molecule has 1 N–H and O–H groups in total. The summed E-state index contributed by atoms with van der Waals surface area (Å²) in [5.74, 6) is 2.08. The molecule has 2 aliphatic rings. The highest BCUT2D eigenvalue weighted by molar-refractivity contribution is 5.58. The molecule has 2 unspecified atom stereocenters. The largest absolute Gasteiger partial charge is 0.370 e. The van der Waals surface area contributed by atoms with Gasteiger partial charge in [0.05, 0.1) is 0 Å². The topological polar surface area (TPSA) is 44.3 Å². The summed E-state index contributed by atoms with van der Waals surface area (Å²) in [6.07, 6.45) is 5.75. The second-order valence-electron chi connectivity index (χ2n) is 6.35. The zero-order valence-corrected chi connectivity index (χ0v) is 13.5. The van der Waals surface area contributed by atoms with Crippen molar-refractivity contribution in [2.45, 2.75) is 52.1 Å². The number of hydrogen-bond acceptors (Lipinski definition) is 5. The Labute approximate surface area is 127 Å². The Morgan fingerprint density at radius 1 is 1.29 bits per heavy atom. The molecule has 21 heavy (non-hydrogen) atoms. The minimum atomic E-state index is 0.516. The highest BCUT2D eigenvalue weighted by Gasteiger charge is 2.34. The summed E-state index contributed by atoms with van der Waals surface area (Å²) in [6.45, 7) is 11.0. The molecule has 2 fully saturated rings. The summed E-state index contributed by atoms with van der Waals surface area (Å²) in [5.41, 5.74) is 1.18. The molecule has 2 aliphatic heterocycles.